The number of hydrogen-bond donors (Lipinski definition) is 0. The molecule has 3 aromatic heterocycles. The number of benzene rings is 2. The molecule has 2 aliphatic rings. The average Bonchev–Trinajstić information content (AvgIpc) is 3.86. The van der Waals surface area contributed by atoms with E-state index >= 15 is 0 Å². The monoisotopic (exact) mass is 832 g/mol. The Morgan fingerprint density at radius 2 is 1.14 bits per heavy atom. The Balaban J connectivity index is 0.000000194. The highest BCUT2D eigenvalue weighted by atomic mass is 35.7. The quantitative estimate of drug-likeness (QED) is 0.112. The van der Waals surface area contributed by atoms with Crippen molar-refractivity contribution in [2.75, 3.05) is 0 Å². The number of rotatable bonds is 8. The summed E-state index contributed by atoms with van der Waals surface area (Å²) in [7, 11) is -2.25. The summed E-state index contributed by atoms with van der Waals surface area (Å²) in [6.07, 6.45) is 7.44. The molecule has 0 aliphatic heterocycles. The summed E-state index contributed by atoms with van der Waals surface area (Å²) in [5, 5.41) is 3.80. The molecule has 11 nitrogen and oxygen atoms in total. The minimum atomic E-state index is -3.94. The zero-order valence-corrected chi connectivity index (χ0v) is 35.1. The van der Waals surface area contributed by atoms with Crippen LogP contribution < -0.4 is 0 Å². The maximum atomic E-state index is 13.6. The average molecular weight is 833 g/mol. The van der Waals surface area contributed by atoms with Crippen LogP contribution in [0.4, 0.5) is 8.78 Å². The number of nitrogens with zero attached hydrogens (tertiary/aromatic N) is 6. The van der Waals surface area contributed by atoms with Gasteiger partial charge in [-0.1, -0.05) is 41.5 Å². The molecule has 2 aromatic carbocycles. The van der Waals surface area contributed by atoms with E-state index in [-0.39, 0.29) is 26.2 Å². The van der Waals surface area contributed by atoms with Gasteiger partial charge in [0.25, 0.3) is 19.1 Å². The van der Waals surface area contributed by atoms with Crippen LogP contribution in [0.3, 0.4) is 0 Å². The molecule has 0 bridgehead atoms. The maximum Gasteiger partial charge on any atom is 0.283 e. The lowest BCUT2D eigenvalue weighted by Gasteiger charge is -2.27. The van der Waals surface area contributed by atoms with Crippen molar-refractivity contribution in [2.45, 2.75) is 139 Å². The van der Waals surface area contributed by atoms with Gasteiger partial charge in [-0.3, -0.25) is 4.79 Å². The van der Waals surface area contributed by atoms with Crippen molar-refractivity contribution in [3.8, 4) is 0 Å². The van der Waals surface area contributed by atoms with E-state index < -0.39 is 31.4 Å². The molecule has 16 heteroatoms. The summed E-state index contributed by atoms with van der Waals surface area (Å²) in [5.74, 6) is 2.58. The first-order chi connectivity index (χ1) is 26.1. The number of aldehydes is 1. The van der Waals surface area contributed by atoms with Crippen LogP contribution in [0, 0.1) is 11.8 Å². The second-order valence-electron chi connectivity index (χ2n) is 17.3. The van der Waals surface area contributed by atoms with Gasteiger partial charge in [0, 0.05) is 34.6 Å². The predicted octanol–water partition coefficient (Wildman–Crippen LogP) is 8.90. The third-order valence-electron chi connectivity index (χ3n) is 10.8. The van der Waals surface area contributed by atoms with E-state index in [0.29, 0.717) is 54.8 Å². The molecular formula is C40H51ClF2N6O5S2. The molecule has 0 N–H and O–H groups in total. The number of halogens is 3. The number of hydrogen-bond acceptors (Lipinski definition) is 8. The SMILES string of the molecule is CC(C)(C)c1nc2cc(S(=O)(=O)Cl)ccc2n1CC1CCC(F)CC1.CC(C)(C)c1nc2cc(S(=O)(=O)n3cc(C=O)cn3)ccc2n1CC1CCC(F)CC1. The number of carbonyl (C=O) groups is 1. The molecule has 304 valence electrons. The van der Waals surface area contributed by atoms with Gasteiger partial charge in [0.05, 0.1) is 49.8 Å². The Kier molecular flexibility index (Phi) is 11.9. The highest BCUT2D eigenvalue weighted by molar-refractivity contribution is 8.13. The molecule has 0 unspecified atom stereocenters. The minimum absolute atomic E-state index is 0.0589. The normalized spacial score (nSPS) is 21.2. The van der Waals surface area contributed by atoms with Crippen LogP contribution in [-0.4, -0.2) is 63.8 Å². The summed E-state index contributed by atoms with van der Waals surface area (Å²) in [4.78, 5) is 20.5. The fourth-order valence-electron chi connectivity index (χ4n) is 7.79. The molecule has 0 amide bonds. The van der Waals surface area contributed by atoms with E-state index in [1.807, 2.05) is 0 Å². The number of fused-ring (bicyclic) bond motifs is 2. The van der Waals surface area contributed by atoms with Gasteiger partial charge in [-0.2, -0.15) is 17.6 Å². The first-order valence-corrected chi connectivity index (χ1v) is 22.9. The molecule has 56 heavy (non-hydrogen) atoms. The fourth-order valence-corrected chi connectivity index (χ4v) is 9.71. The molecule has 2 fully saturated rings. The third-order valence-corrected chi connectivity index (χ3v) is 13.7. The van der Waals surface area contributed by atoms with Crippen LogP contribution in [0.2, 0.25) is 0 Å². The molecular weight excluding hydrogens is 782 g/mol. The van der Waals surface area contributed by atoms with E-state index in [0.717, 1.165) is 65.5 Å². The Bertz CT molecular complexity index is 2430. The first kappa shape index (κ1) is 41.9. The zero-order chi connectivity index (χ0) is 40.8. The molecule has 0 radical (unpaired) electrons. The highest BCUT2D eigenvalue weighted by Gasteiger charge is 2.30. The molecule has 2 aliphatic carbocycles. The number of aromatic nitrogens is 6. The lowest BCUT2D eigenvalue weighted by molar-refractivity contribution is 0.112. The topological polar surface area (TPSA) is 139 Å². The van der Waals surface area contributed by atoms with Crippen molar-refractivity contribution in [3.63, 3.8) is 0 Å². The third kappa shape index (κ3) is 9.20. The molecule has 0 spiro atoms. The molecule has 3 heterocycles. The van der Waals surface area contributed by atoms with Crippen LogP contribution >= 0.6 is 10.7 Å². The van der Waals surface area contributed by atoms with Crippen molar-refractivity contribution >= 4 is 58.1 Å². The van der Waals surface area contributed by atoms with Gasteiger partial charge in [-0.25, -0.2) is 27.2 Å². The van der Waals surface area contributed by atoms with E-state index in [1.165, 1.54) is 24.5 Å². The van der Waals surface area contributed by atoms with E-state index in [9.17, 15) is 30.4 Å². The fraction of sp³-hybridized carbons (Fsp3) is 0.550. The molecule has 5 aromatic rings. The molecule has 2 saturated carbocycles. The zero-order valence-electron chi connectivity index (χ0n) is 32.8. The van der Waals surface area contributed by atoms with Gasteiger partial charge >= 0.3 is 0 Å². The molecule has 0 atom stereocenters. The largest absolute Gasteiger partial charge is 0.327 e. The summed E-state index contributed by atoms with van der Waals surface area (Å²) >= 11 is 0. The van der Waals surface area contributed by atoms with E-state index in [1.54, 1.807) is 24.3 Å². The first-order valence-electron chi connectivity index (χ1n) is 19.1. The summed E-state index contributed by atoms with van der Waals surface area (Å²) < 4.78 is 81.3. The Labute approximate surface area is 332 Å². The van der Waals surface area contributed by atoms with Gasteiger partial charge in [-0.15, -0.1) is 0 Å². The van der Waals surface area contributed by atoms with Crippen LogP contribution in [-0.2, 0) is 43.0 Å². The Hall–Kier alpha value is -3.69. The van der Waals surface area contributed by atoms with E-state index in [4.69, 9.17) is 20.7 Å². The van der Waals surface area contributed by atoms with Crippen LogP contribution in [0.5, 0.6) is 0 Å². The van der Waals surface area contributed by atoms with Gasteiger partial charge < -0.3 is 9.13 Å². The summed E-state index contributed by atoms with van der Waals surface area (Å²) in [5.41, 5.74) is 2.74. The second kappa shape index (κ2) is 15.9. The van der Waals surface area contributed by atoms with E-state index in [2.05, 4.69) is 55.8 Å². The van der Waals surface area contributed by atoms with Crippen molar-refractivity contribution < 1.29 is 30.4 Å². The van der Waals surface area contributed by atoms with Gasteiger partial charge in [-0.05, 0) is 99.6 Å². The van der Waals surface area contributed by atoms with Crippen molar-refractivity contribution in [3.05, 3.63) is 66.0 Å². The van der Waals surface area contributed by atoms with Crippen LogP contribution in [0.25, 0.3) is 22.1 Å². The van der Waals surface area contributed by atoms with Crippen molar-refractivity contribution in [1.82, 2.24) is 28.3 Å². The summed E-state index contributed by atoms with van der Waals surface area (Å²) in [6, 6.07) is 9.69. The van der Waals surface area contributed by atoms with Gasteiger partial charge in [0.2, 0.25) is 0 Å². The lowest BCUT2D eigenvalue weighted by atomic mass is 9.87. The second-order valence-corrected chi connectivity index (χ2v) is 21.7. The number of alkyl halides is 2. The maximum absolute atomic E-state index is 13.6. The van der Waals surface area contributed by atoms with Gasteiger partial charge in [0.1, 0.15) is 24.0 Å². The number of imidazole rings is 2. The Morgan fingerprint density at radius 1 is 0.714 bits per heavy atom. The highest BCUT2D eigenvalue weighted by Crippen LogP contribution is 2.35. The minimum Gasteiger partial charge on any atom is -0.327 e. The molecule has 0 saturated heterocycles. The summed E-state index contributed by atoms with van der Waals surface area (Å²) in [6.45, 7) is 14.0. The van der Waals surface area contributed by atoms with Crippen LogP contribution in [0.1, 0.15) is 115 Å². The van der Waals surface area contributed by atoms with Crippen molar-refractivity contribution in [2.24, 2.45) is 11.8 Å². The predicted molar refractivity (Wildman–Crippen MR) is 214 cm³/mol. The Morgan fingerprint density at radius 3 is 1.54 bits per heavy atom. The molecule has 7 rings (SSSR count). The van der Waals surface area contributed by atoms with Gasteiger partial charge in [0.15, 0.2) is 6.29 Å². The standard InChI is InChI=1S/C22H27FN4O3S.C18H24ClFN2O2S/c1-22(2,3)21-25-19-10-18(31(29,30)27-13-16(14-28)11-24-27)8-9-20(19)26(21)12-15-4-6-17(23)7-5-15;1-18(2,3)17-21-15-10-14(25(19,23)24)8-9-16(15)22(17)11-12-4-6-13(20)7-5-12/h8-11,13-15,17H,4-7,12H2,1-3H3;8-10,12-13H,4-7,11H2,1-3H3. The smallest absolute Gasteiger partial charge is 0.283 e. The lowest BCUT2D eigenvalue weighted by Crippen LogP contribution is -2.24. The van der Waals surface area contributed by atoms with Crippen LogP contribution in [0.15, 0.2) is 58.6 Å². The van der Waals surface area contributed by atoms with Crippen molar-refractivity contribution in [1.29, 1.82) is 0 Å². The number of carbonyl (C=O) groups excluding carboxylic acids is 1.